The van der Waals surface area contributed by atoms with Gasteiger partial charge in [0.05, 0.1) is 18.3 Å². The van der Waals surface area contributed by atoms with Crippen molar-refractivity contribution in [3.8, 4) is 0 Å². The van der Waals surface area contributed by atoms with Crippen molar-refractivity contribution in [3.63, 3.8) is 0 Å². The van der Waals surface area contributed by atoms with Crippen molar-refractivity contribution >= 4 is 23.3 Å². The molecule has 1 N–H and O–H groups in total. The monoisotopic (exact) mass is 492 g/mol. The number of hydrogen-bond donors (Lipinski definition) is 1. The molecule has 0 atom stereocenters. The van der Waals surface area contributed by atoms with Crippen LogP contribution in [0.2, 0.25) is 0 Å². The molecular formula is C23H24F4N6O2. The maximum Gasteiger partial charge on any atom is 0.416 e. The van der Waals surface area contributed by atoms with Gasteiger partial charge in [-0.25, -0.2) is 13.7 Å². The summed E-state index contributed by atoms with van der Waals surface area (Å²) in [6, 6.07) is 3.97. The largest absolute Gasteiger partial charge is 0.416 e. The van der Waals surface area contributed by atoms with Gasteiger partial charge in [0.25, 0.3) is 5.91 Å². The first-order valence-electron chi connectivity index (χ1n) is 11.2. The number of alkyl halides is 4. The molecule has 12 heteroatoms. The van der Waals surface area contributed by atoms with Crippen molar-refractivity contribution in [2.45, 2.75) is 31.6 Å². The Morgan fingerprint density at radius 2 is 1.97 bits per heavy atom. The molecule has 35 heavy (non-hydrogen) atoms. The Bertz CT molecular complexity index is 1270. The third kappa shape index (κ3) is 4.10. The molecule has 1 aromatic carbocycles. The smallest absolute Gasteiger partial charge is 0.337 e. The lowest BCUT2D eigenvalue weighted by Gasteiger charge is -2.60. The average Bonchev–Trinajstić information content (AvgIpc) is 3.34. The van der Waals surface area contributed by atoms with E-state index in [0.29, 0.717) is 37.1 Å². The zero-order valence-corrected chi connectivity index (χ0v) is 18.9. The Morgan fingerprint density at radius 1 is 1.23 bits per heavy atom. The van der Waals surface area contributed by atoms with E-state index in [1.165, 1.54) is 23.2 Å². The first-order chi connectivity index (χ1) is 16.6. The number of likely N-dealkylation sites (tertiary alicyclic amines) is 1. The van der Waals surface area contributed by atoms with Crippen molar-refractivity contribution in [1.29, 1.82) is 0 Å². The molecule has 1 saturated heterocycles. The summed E-state index contributed by atoms with van der Waals surface area (Å²) in [7, 11) is 1.62. The maximum atomic E-state index is 13.0. The third-order valence-corrected chi connectivity index (χ3v) is 6.97. The summed E-state index contributed by atoms with van der Waals surface area (Å²) in [5.74, 6) is -0.163. The number of halogens is 4. The molecule has 2 aromatic heterocycles. The van der Waals surface area contributed by atoms with Gasteiger partial charge in [-0.2, -0.15) is 18.3 Å². The fourth-order valence-electron chi connectivity index (χ4n) is 5.09. The molecule has 0 bridgehead atoms. The van der Waals surface area contributed by atoms with Gasteiger partial charge >= 0.3 is 12.2 Å². The number of amides is 3. The van der Waals surface area contributed by atoms with Gasteiger partial charge in [0.15, 0.2) is 0 Å². The van der Waals surface area contributed by atoms with Crippen LogP contribution in [-0.4, -0.2) is 68.8 Å². The van der Waals surface area contributed by atoms with Crippen molar-refractivity contribution in [3.05, 3.63) is 54.0 Å². The highest BCUT2D eigenvalue weighted by atomic mass is 19.4. The number of aromatic nitrogens is 3. The van der Waals surface area contributed by atoms with E-state index in [-0.39, 0.29) is 29.6 Å². The Balaban J connectivity index is 1.16. The molecule has 5 rings (SSSR count). The zero-order valence-electron chi connectivity index (χ0n) is 18.9. The number of anilines is 1. The van der Waals surface area contributed by atoms with Crippen LogP contribution in [0.25, 0.3) is 5.65 Å². The number of nitrogens with one attached hydrogen (secondary N) is 1. The van der Waals surface area contributed by atoms with Crippen LogP contribution in [0.15, 0.2) is 42.9 Å². The molecule has 3 amide bonds. The van der Waals surface area contributed by atoms with E-state index in [2.05, 4.69) is 10.4 Å². The number of benzene rings is 1. The van der Waals surface area contributed by atoms with E-state index in [4.69, 9.17) is 0 Å². The number of carbonyl (C=O) groups is 2. The van der Waals surface area contributed by atoms with Crippen molar-refractivity contribution in [2.24, 2.45) is 5.41 Å². The van der Waals surface area contributed by atoms with Crippen LogP contribution < -0.4 is 5.32 Å². The molecule has 1 aliphatic heterocycles. The van der Waals surface area contributed by atoms with Crippen LogP contribution in [0, 0.1) is 5.41 Å². The number of urea groups is 1. The van der Waals surface area contributed by atoms with Crippen LogP contribution in [0.1, 0.15) is 28.8 Å². The van der Waals surface area contributed by atoms with Crippen LogP contribution in [-0.2, 0) is 12.7 Å². The van der Waals surface area contributed by atoms with Gasteiger partial charge in [-0.3, -0.25) is 4.79 Å². The third-order valence-electron chi connectivity index (χ3n) is 6.97. The van der Waals surface area contributed by atoms with Gasteiger partial charge in [0.1, 0.15) is 17.9 Å². The summed E-state index contributed by atoms with van der Waals surface area (Å²) in [5, 5.41) is 6.70. The van der Waals surface area contributed by atoms with Crippen LogP contribution in [0.5, 0.6) is 0 Å². The average molecular weight is 492 g/mol. The summed E-state index contributed by atoms with van der Waals surface area (Å²) in [6.45, 7) is 0.689. The van der Waals surface area contributed by atoms with E-state index in [9.17, 15) is 27.2 Å². The highest BCUT2D eigenvalue weighted by Crippen LogP contribution is 2.50. The van der Waals surface area contributed by atoms with Crippen molar-refractivity contribution in [2.75, 3.05) is 32.1 Å². The minimum atomic E-state index is -4.49. The van der Waals surface area contributed by atoms with Crippen LogP contribution in [0.3, 0.4) is 0 Å². The predicted molar refractivity (Wildman–Crippen MR) is 119 cm³/mol. The normalized spacial score (nSPS) is 17.3. The SMILES string of the molecule is CN(C(=O)Nc1cccc(C(F)(F)F)c1)C1CC2(C1)CN(C(=O)c1cnn3ccn(CCF)c13)C2. The summed E-state index contributed by atoms with van der Waals surface area (Å²) < 4.78 is 54.8. The second-order valence-corrected chi connectivity index (χ2v) is 9.35. The quantitative estimate of drug-likeness (QED) is 0.550. The van der Waals surface area contributed by atoms with Crippen molar-refractivity contribution < 1.29 is 27.2 Å². The molecule has 3 heterocycles. The number of hydrogen-bond acceptors (Lipinski definition) is 3. The van der Waals surface area contributed by atoms with Gasteiger partial charge in [0, 0.05) is 49.7 Å². The number of carbonyl (C=O) groups excluding carboxylic acids is 2. The van der Waals surface area contributed by atoms with E-state index < -0.39 is 24.4 Å². The fraction of sp³-hybridized carbons (Fsp3) is 0.435. The number of nitrogens with zero attached hydrogens (tertiary/aromatic N) is 5. The lowest BCUT2D eigenvalue weighted by Crippen LogP contribution is -2.67. The highest BCUT2D eigenvalue weighted by molar-refractivity contribution is 6.00. The summed E-state index contributed by atoms with van der Waals surface area (Å²) in [6.07, 6.45) is 1.77. The molecule has 0 unspecified atom stereocenters. The van der Waals surface area contributed by atoms with E-state index in [1.807, 2.05) is 0 Å². The van der Waals surface area contributed by atoms with E-state index in [1.54, 1.807) is 33.4 Å². The molecule has 1 spiro atoms. The number of fused-ring (bicyclic) bond motifs is 1. The molecular weight excluding hydrogens is 468 g/mol. The summed E-state index contributed by atoms with van der Waals surface area (Å²) >= 11 is 0. The van der Waals surface area contributed by atoms with Gasteiger partial charge in [-0.05, 0) is 31.0 Å². The Morgan fingerprint density at radius 3 is 2.66 bits per heavy atom. The second kappa shape index (κ2) is 8.28. The molecule has 186 valence electrons. The highest BCUT2D eigenvalue weighted by Gasteiger charge is 2.55. The molecule has 3 aromatic rings. The first kappa shape index (κ1) is 23.2. The zero-order chi connectivity index (χ0) is 25.0. The molecule has 8 nitrogen and oxygen atoms in total. The van der Waals surface area contributed by atoms with Crippen molar-refractivity contribution in [1.82, 2.24) is 24.0 Å². The Kier molecular flexibility index (Phi) is 5.48. The lowest BCUT2D eigenvalue weighted by atomic mass is 9.60. The Labute approximate surface area is 198 Å². The maximum absolute atomic E-state index is 13.0. The summed E-state index contributed by atoms with van der Waals surface area (Å²) in [5.41, 5.74) is 0.166. The minimum absolute atomic E-state index is 0.0670. The van der Waals surface area contributed by atoms with Gasteiger partial charge in [-0.15, -0.1) is 0 Å². The van der Waals surface area contributed by atoms with Gasteiger partial charge in [-0.1, -0.05) is 6.07 Å². The fourth-order valence-corrected chi connectivity index (χ4v) is 5.09. The lowest BCUT2D eigenvalue weighted by molar-refractivity contribution is -0.137. The topological polar surface area (TPSA) is 74.9 Å². The molecule has 1 aliphatic carbocycles. The number of rotatable bonds is 5. The first-order valence-corrected chi connectivity index (χ1v) is 11.2. The molecule has 1 saturated carbocycles. The van der Waals surface area contributed by atoms with E-state index >= 15 is 0 Å². The second-order valence-electron chi connectivity index (χ2n) is 9.35. The van der Waals surface area contributed by atoms with Gasteiger partial charge < -0.3 is 19.7 Å². The Hall–Kier alpha value is -3.57. The molecule has 2 fully saturated rings. The molecule has 0 radical (unpaired) electrons. The van der Waals surface area contributed by atoms with Crippen LogP contribution >= 0.6 is 0 Å². The van der Waals surface area contributed by atoms with Gasteiger partial charge in [0.2, 0.25) is 0 Å². The number of aryl methyl sites for hydroxylation is 1. The van der Waals surface area contributed by atoms with Crippen LogP contribution in [0.4, 0.5) is 28.0 Å². The number of imidazole rings is 1. The summed E-state index contributed by atoms with van der Waals surface area (Å²) in [4.78, 5) is 28.8. The minimum Gasteiger partial charge on any atom is -0.337 e. The van der Waals surface area contributed by atoms with E-state index in [0.717, 1.165) is 12.1 Å². The standard InChI is InChI=1S/C23H24F4N6O2/c1-30(21(35)29-16-4-2-3-15(9-16)23(25,26)27)17-10-22(11-17)13-32(14-22)20(34)18-12-28-33-8-7-31(6-5-24)19(18)33/h2-4,7-9,12,17H,5-6,10-11,13-14H2,1H3,(H,29,35). The molecule has 2 aliphatic rings. The predicted octanol–water partition coefficient (Wildman–Crippen LogP) is 3.89.